The summed E-state index contributed by atoms with van der Waals surface area (Å²) in [5, 5.41) is 11.1. The molecule has 2 N–H and O–H groups in total. The average Bonchev–Trinajstić information content (AvgIpc) is 2.41. The molecule has 94 valence electrons. The van der Waals surface area contributed by atoms with Crippen LogP contribution in [0.4, 0.5) is 0 Å². The summed E-state index contributed by atoms with van der Waals surface area (Å²) < 4.78 is 0. The first-order valence-electron chi connectivity index (χ1n) is 6.08. The highest BCUT2D eigenvalue weighted by molar-refractivity contribution is 5.91. The SMILES string of the molecule is Cc1ccc2[nH]c(=O)c(-c3ccccc3)c(O)c2c1. The number of aromatic hydroxyl groups is 1. The number of aryl methyl sites for hydroxylation is 1. The van der Waals surface area contributed by atoms with Crippen LogP contribution in [0.15, 0.2) is 53.3 Å². The van der Waals surface area contributed by atoms with Crippen molar-refractivity contribution in [2.75, 3.05) is 0 Å². The first-order chi connectivity index (χ1) is 9.16. The van der Waals surface area contributed by atoms with E-state index in [-0.39, 0.29) is 11.3 Å². The summed E-state index contributed by atoms with van der Waals surface area (Å²) >= 11 is 0. The lowest BCUT2D eigenvalue weighted by molar-refractivity contribution is 0.482. The lowest BCUT2D eigenvalue weighted by Gasteiger charge is -2.08. The van der Waals surface area contributed by atoms with Crippen LogP contribution in [0.25, 0.3) is 22.0 Å². The summed E-state index contributed by atoms with van der Waals surface area (Å²) in [5.41, 5.74) is 2.44. The van der Waals surface area contributed by atoms with Crippen LogP contribution >= 0.6 is 0 Å². The van der Waals surface area contributed by atoms with Gasteiger partial charge in [0, 0.05) is 5.39 Å². The van der Waals surface area contributed by atoms with Crippen molar-refractivity contribution in [2.45, 2.75) is 6.92 Å². The Hall–Kier alpha value is -2.55. The third-order valence-corrected chi connectivity index (χ3v) is 3.20. The lowest BCUT2D eigenvalue weighted by atomic mass is 10.0. The predicted octanol–water partition coefficient (Wildman–Crippen LogP) is 3.21. The first kappa shape index (κ1) is 11.5. The van der Waals surface area contributed by atoms with Gasteiger partial charge in [-0.05, 0) is 24.6 Å². The minimum atomic E-state index is -0.278. The maximum atomic E-state index is 12.1. The van der Waals surface area contributed by atoms with Crippen LogP contribution in [-0.2, 0) is 0 Å². The molecule has 0 bridgehead atoms. The molecular weight excluding hydrogens is 238 g/mol. The normalized spacial score (nSPS) is 10.8. The van der Waals surface area contributed by atoms with E-state index in [1.807, 2.05) is 49.4 Å². The maximum absolute atomic E-state index is 12.1. The molecule has 19 heavy (non-hydrogen) atoms. The molecule has 0 saturated heterocycles. The van der Waals surface area contributed by atoms with E-state index in [1.165, 1.54) is 0 Å². The summed E-state index contributed by atoms with van der Waals surface area (Å²) in [6, 6.07) is 14.8. The van der Waals surface area contributed by atoms with Crippen molar-refractivity contribution >= 4 is 10.9 Å². The third-order valence-electron chi connectivity index (χ3n) is 3.20. The Balaban J connectivity index is 2.40. The summed E-state index contributed by atoms with van der Waals surface area (Å²) in [7, 11) is 0. The molecule has 0 unspecified atom stereocenters. The number of fused-ring (bicyclic) bond motifs is 1. The molecule has 1 aromatic heterocycles. The molecule has 3 nitrogen and oxygen atoms in total. The molecule has 2 aromatic carbocycles. The average molecular weight is 251 g/mol. The second kappa shape index (κ2) is 4.28. The van der Waals surface area contributed by atoms with E-state index in [0.29, 0.717) is 22.0 Å². The van der Waals surface area contributed by atoms with Crippen LogP contribution in [0.5, 0.6) is 5.75 Å². The fourth-order valence-corrected chi connectivity index (χ4v) is 2.26. The highest BCUT2D eigenvalue weighted by Gasteiger charge is 2.13. The maximum Gasteiger partial charge on any atom is 0.260 e. The standard InChI is InChI=1S/C16H13NO2/c1-10-7-8-13-12(9-10)15(18)14(16(19)17-13)11-5-3-2-4-6-11/h2-9H,1H3,(H2,17,18,19). The Bertz CT molecular complexity index is 804. The number of aromatic nitrogens is 1. The van der Waals surface area contributed by atoms with Crippen molar-refractivity contribution in [3.8, 4) is 16.9 Å². The van der Waals surface area contributed by atoms with E-state index in [1.54, 1.807) is 6.07 Å². The Morgan fingerprint density at radius 1 is 1.05 bits per heavy atom. The topological polar surface area (TPSA) is 53.1 Å². The van der Waals surface area contributed by atoms with Crippen molar-refractivity contribution in [3.05, 3.63) is 64.4 Å². The van der Waals surface area contributed by atoms with Gasteiger partial charge in [0.1, 0.15) is 5.75 Å². The fraction of sp³-hybridized carbons (Fsp3) is 0.0625. The molecule has 0 aliphatic rings. The molecule has 3 rings (SSSR count). The molecular formula is C16H13NO2. The molecule has 0 atom stereocenters. The van der Waals surface area contributed by atoms with Gasteiger partial charge in [0.05, 0.1) is 11.1 Å². The summed E-state index contributed by atoms with van der Waals surface area (Å²) in [6.07, 6.45) is 0. The van der Waals surface area contributed by atoms with Gasteiger partial charge in [0.15, 0.2) is 0 Å². The Kier molecular flexibility index (Phi) is 2.60. The largest absolute Gasteiger partial charge is 0.506 e. The number of H-pyrrole nitrogens is 1. The molecule has 3 heteroatoms. The van der Waals surface area contributed by atoms with Crippen molar-refractivity contribution in [3.63, 3.8) is 0 Å². The minimum absolute atomic E-state index is 0.0358. The third kappa shape index (κ3) is 1.89. The van der Waals surface area contributed by atoms with Crippen LogP contribution in [0.3, 0.4) is 0 Å². The van der Waals surface area contributed by atoms with Crippen molar-refractivity contribution < 1.29 is 5.11 Å². The van der Waals surface area contributed by atoms with Gasteiger partial charge < -0.3 is 10.1 Å². The molecule has 0 radical (unpaired) electrons. The van der Waals surface area contributed by atoms with Crippen molar-refractivity contribution in [1.82, 2.24) is 4.98 Å². The van der Waals surface area contributed by atoms with Crippen molar-refractivity contribution in [1.29, 1.82) is 0 Å². The number of pyridine rings is 1. The second-order valence-electron chi connectivity index (χ2n) is 4.59. The van der Waals surface area contributed by atoms with E-state index >= 15 is 0 Å². The van der Waals surface area contributed by atoms with Crippen LogP contribution < -0.4 is 5.56 Å². The van der Waals surface area contributed by atoms with Gasteiger partial charge in [-0.15, -0.1) is 0 Å². The van der Waals surface area contributed by atoms with Crippen LogP contribution in [0, 0.1) is 6.92 Å². The number of rotatable bonds is 1. The van der Waals surface area contributed by atoms with Crippen LogP contribution in [0.1, 0.15) is 5.56 Å². The number of hydrogen-bond acceptors (Lipinski definition) is 2. The van der Waals surface area contributed by atoms with Crippen molar-refractivity contribution in [2.24, 2.45) is 0 Å². The quantitative estimate of drug-likeness (QED) is 0.697. The van der Waals surface area contributed by atoms with E-state index in [4.69, 9.17) is 0 Å². The van der Waals surface area contributed by atoms with Gasteiger partial charge in [0.25, 0.3) is 5.56 Å². The van der Waals surface area contributed by atoms with E-state index in [2.05, 4.69) is 4.98 Å². The van der Waals surface area contributed by atoms with Gasteiger partial charge in [0.2, 0.25) is 0 Å². The number of nitrogens with one attached hydrogen (secondary N) is 1. The predicted molar refractivity (Wildman–Crippen MR) is 76.4 cm³/mol. The second-order valence-corrected chi connectivity index (χ2v) is 4.59. The molecule has 0 saturated carbocycles. The fourth-order valence-electron chi connectivity index (χ4n) is 2.26. The van der Waals surface area contributed by atoms with E-state index < -0.39 is 0 Å². The zero-order chi connectivity index (χ0) is 13.4. The summed E-state index contributed by atoms with van der Waals surface area (Å²) in [6.45, 7) is 1.95. The zero-order valence-electron chi connectivity index (χ0n) is 10.5. The zero-order valence-corrected chi connectivity index (χ0v) is 10.5. The minimum Gasteiger partial charge on any atom is -0.506 e. The van der Waals surface area contributed by atoms with Gasteiger partial charge in [-0.3, -0.25) is 4.79 Å². The molecule has 0 aliphatic heterocycles. The highest BCUT2D eigenvalue weighted by atomic mass is 16.3. The molecule has 0 aliphatic carbocycles. The number of benzene rings is 2. The monoisotopic (exact) mass is 251 g/mol. The summed E-state index contributed by atoms with van der Waals surface area (Å²) in [4.78, 5) is 14.9. The molecule has 0 spiro atoms. The van der Waals surface area contributed by atoms with E-state index in [0.717, 1.165) is 5.56 Å². The highest BCUT2D eigenvalue weighted by Crippen LogP contribution is 2.32. The van der Waals surface area contributed by atoms with Gasteiger partial charge >= 0.3 is 0 Å². The van der Waals surface area contributed by atoms with Crippen LogP contribution in [-0.4, -0.2) is 10.1 Å². The first-order valence-corrected chi connectivity index (χ1v) is 6.08. The Labute approximate surface area is 110 Å². The van der Waals surface area contributed by atoms with Gasteiger partial charge in [-0.1, -0.05) is 42.0 Å². The molecule has 3 aromatic rings. The lowest BCUT2D eigenvalue weighted by Crippen LogP contribution is -2.09. The summed E-state index contributed by atoms with van der Waals surface area (Å²) in [5.74, 6) is 0.0358. The van der Waals surface area contributed by atoms with Gasteiger partial charge in [-0.25, -0.2) is 0 Å². The Morgan fingerprint density at radius 3 is 2.53 bits per heavy atom. The van der Waals surface area contributed by atoms with Gasteiger partial charge in [-0.2, -0.15) is 0 Å². The Morgan fingerprint density at radius 2 is 1.79 bits per heavy atom. The molecule has 0 amide bonds. The number of aromatic amines is 1. The van der Waals surface area contributed by atoms with E-state index in [9.17, 15) is 9.90 Å². The number of hydrogen-bond donors (Lipinski definition) is 2. The smallest absolute Gasteiger partial charge is 0.260 e. The van der Waals surface area contributed by atoms with Crippen LogP contribution in [0.2, 0.25) is 0 Å². The molecule has 1 heterocycles. The molecule has 0 fully saturated rings.